The molecule has 32 heavy (non-hydrogen) atoms. The molecule has 0 aliphatic carbocycles. The molecule has 160 valence electrons. The molecule has 3 aromatic carbocycles. The molecular weight excluding hydrogens is 424 g/mol. The molecule has 0 aliphatic rings. The summed E-state index contributed by atoms with van der Waals surface area (Å²) in [5.41, 5.74) is 3.23. The minimum atomic E-state index is -0.370. The SMILES string of the molecule is Cc1ccc(C(=O)c2cn(CC(=O)Nc3ccc(Cl)cc3)c3ccc(C)cc3c2=O)cc1. The number of nitrogens with zero attached hydrogens (tertiary/aromatic N) is 1. The summed E-state index contributed by atoms with van der Waals surface area (Å²) in [6.45, 7) is 3.75. The molecule has 0 fully saturated rings. The van der Waals surface area contributed by atoms with Crippen molar-refractivity contribution in [3.05, 3.63) is 110 Å². The van der Waals surface area contributed by atoms with Gasteiger partial charge in [-0.3, -0.25) is 14.4 Å². The Morgan fingerprint density at radius 3 is 2.25 bits per heavy atom. The standard InChI is InChI=1S/C26H21ClN2O3/c1-16-3-6-18(7-4-16)25(31)22-14-29(23-12-5-17(2)13-21(23)26(22)32)15-24(30)28-20-10-8-19(27)9-11-20/h3-14H,15H2,1-2H3,(H,28,30). The smallest absolute Gasteiger partial charge is 0.244 e. The lowest BCUT2D eigenvalue weighted by molar-refractivity contribution is -0.116. The molecule has 6 heteroatoms. The normalized spacial score (nSPS) is 10.8. The summed E-state index contributed by atoms with van der Waals surface area (Å²) >= 11 is 5.90. The molecule has 0 spiro atoms. The molecule has 0 unspecified atom stereocenters. The predicted molar refractivity (Wildman–Crippen MR) is 128 cm³/mol. The number of hydrogen-bond donors (Lipinski definition) is 1. The molecule has 0 saturated heterocycles. The third kappa shape index (κ3) is 4.48. The van der Waals surface area contributed by atoms with Crippen LogP contribution in [0.5, 0.6) is 0 Å². The Kier molecular flexibility index (Phi) is 5.93. The van der Waals surface area contributed by atoms with Gasteiger partial charge in [-0.05, 0) is 50.2 Å². The largest absolute Gasteiger partial charge is 0.337 e. The number of pyridine rings is 1. The van der Waals surface area contributed by atoms with Crippen LogP contribution in [0.4, 0.5) is 5.69 Å². The van der Waals surface area contributed by atoms with E-state index in [4.69, 9.17) is 11.6 Å². The van der Waals surface area contributed by atoms with Crippen LogP contribution in [0.3, 0.4) is 0 Å². The summed E-state index contributed by atoms with van der Waals surface area (Å²) in [6.07, 6.45) is 1.48. The number of anilines is 1. The van der Waals surface area contributed by atoms with Crippen molar-refractivity contribution in [2.45, 2.75) is 20.4 Å². The fraction of sp³-hybridized carbons (Fsp3) is 0.115. The van der Waals surface area contributed by atoms with Gasteiger partial charge in [-0.25, -0.2) is 0 Å². The van der Waals surface area contributed by atoms with Crippen molar-refractivity contribution >= 4 is 39.9 Å². The molecule has 0 atom stereocenters. The second kappa shape index (κ2) is 8.81. The third-order valence-corrected chi connectivity index (χ3v) is 5.49. The molecule has 0 saturated carbocycles. The van der Waals surface area contributed by atoms with Gasteiger partial charge in [0.15, 0.2) is 5.78 Å². The summed E-state index contributed by atoms with van der Waals surface area (Å²) < 4.78 is 1.64. The predicted octanol–water partition coefficient (Wildman–Crippen LogP) is 5.14. The molecule has 1 heterocycles. The van der Waals surface area contributed by atoms with E-state index in [1.165, 1.54) is 6.20 Å². The molecule has 1 amide bonds. The van der Waals surface area contributed by atoms with Gasteiger partial charge in [-0.2, -0.15) is 0 Å². The minimum absolute atomic E-state index is 0.0336. The van der Waals surface area contributed by atoms with Gasteiger partial charge in [-0.15, -0.1) is 0 Å². The molecule has 1 N–H and O–H groups in total. The van der Waals surface area contributed by atoms with E-state index >= 15 is 0 Å². The zero-order chi connectivity index (χ0) is 22.8. The zero-order valence-electron chi connectivity index (χ0n) is 17.7. The van der Waals surface area contributed by atoms with Gasteiger partial charge in [0.1, 0.15) is 6.54 Å². The van der Waals surface area contributed by atoms with Crippen molar-refractivity contribution in [3.63, 3.8) is 0 Å². The van der Waals surface area contributed by atoms with E-state index in [2.05, 4.69) is 5.32 Å². The number of benzene rings is 3. The van der Waals surface area contributed by atoms with E-state index in [-0.39, 0.29) is 29.2 Å². The molecule has 0 aliphatic heterocycles. The van der Waals surface area contributed by atoms with Gasteiger partial charge in [-0.1, -0.05) is 53.1 Å². The quantitative estimate of drug-likeness (QED) is 0.433. The van der Waals surface area contributed by atoms with Crippen molar-refractivity contribution < 1.29 is 9.59 Å². The van der Waals surface area contributed by atoms with Gasteiger partial charge in [0.25, 0.3) is 0 Å². The van der Waals surface area contributed by atoms with Crippen LogP contribution in [0.1, 0.15) is 27.0 Å². The van der Waals surface area contributed by atoms with Crippen LogP contribution in [-0.2, 0) is 11.3 Å². The van der Waals surface area contributed by atoms with Crippen molar-refractivity contribution in [1.29, 1.82) is 0 Å². The Labute approximate surface area is 190 Å². The van der Waals surface area contributed by atoms with Crippen LogP contribution < -0.4 is 10.7 Å². The number of nitrogens with one attached hydrogen (secondary N) is 1. The van der Waals surface area contributed by atoms with Crippen LogP contribution >= 0.6 is 11.6 Å². The number of fused-ring (bicyclic) bond motifs is 1. The zero-order valence-corrected chi connectivity index (χ0v) is 18.4. The molecule has 1 aromatic heterocycles. The molecule has 5 nitrogen and oxygen atoms in total. The minimum Gasteiger partial charge on any atom is -0.337 e. The van der Waals surface area contributed by atoms with Crippen molar-refractivity contribution in [1.82, 2.24) is 4.57 Å². The van der Waals surface area contributed by atoms with E-state index in [0.29, 0.717) is 27.2 Å². The summed E-state index contributed by atoms with van der Waals surface area (Å²) in [4.78, 5) is 39.0. The Morgan fingerprint density at radius 1 is 0.906 bits per heavy atom. The Bertz CT molecular complexity index is 1390. The van der Waals surface area contributed by atoms with Crippen LogP contribution in [0.15, 0.2) is 77.7 Å². The summed E-state index contributed by atoms with van der Waals surface area (Å²) in [7, 11) is 0. The van der Waals surface area contributed by atoms with Gasteiger partial charge in [0, 0.05) is 27.9 Å². The second-order valence-corrected chi connectivity index (χ2v) is 8.21. The number of aryl methyl sites for hydroxylation is 2. The van der Waals surface area contributed by atoms with E-state index in [9.17, 15) is 14.4 Å². The van der Waals surface area contributed by atoms with E-state index in [1.54, 1.807) is 53.1 Å². The number of ketones is 1. The maximum atomic E-state index is 13.2. The van der Waals surface area contributed by atoms with Crippen LogP contribution in [-0.4, -0.2) is 16.3 Å². The van der Waals surface area contributed by atoms with Gasteiger partial charge in [0.05, 0.1) is 11.1 Å². The van der Waals surface area contributed by atoms with Crippen molar-refractivity contribution in [2.75, 3.05) is 5.32 Å². The first-order valence-electron chi connectivity index (χ1n) is 10.1. The highest BCUT2D eigenvalue weighted by molar-refractivity contribution is 6.30. The highest BCUT2D eigenvalue weighted by Crippen LogP contribution is 2.18. The number of carbonyl (C=O) groups excluding carboxylic acids is 2. The fourth-order valence-electron chi connectivity index (χ4n) is 3.55. The lowest BCUT2D eigenvalue weighted by Gasteiger charge is -2.14. The van der Waals surface area contributed by atoms with E-state index in [1.807, 2.05) is 32.0 Å². The first-order valence-corrected chi connectivity index (χ1v) is 10.5. The fourth-order valence-corrected chi connectivity index (χ4v) is 3.68. The monoisotopic (exact) mass is 444 g/mol. The maximum absolute atomic E-state index is 13.2. The average Bonchev–Trinajstić information content (AvgIpc) is 2.77. The molecule has 4 aromatic rings. The molecule has 0 radical (unpaired) electrons. The Balaban J connectivity index is 1.75. The highest BCUT2D eigenvalue weighted by Gasteiger charge is 2.18. The summed E-state index contributed by atoms with van der Waals surface area (Å²) in [5, 5.41) is 3.79. The van der Waals surface area contributed by atoms with E-state index < -0.39 is 0 Å². The lowest BCUT2D eigenvalue weighted by atomic mass is 10.0. The van der Waals surface area contributed by atoms with Crippen LogP contribution in [0.2, 0.25) is 5.02 Å². The number of halogens is 1. The Morgan fingerprint density at radius 2 is 1.56 bits per heavy atom. The average molecular weight is 445 g/mol. The van der Waals surface area contributed by atoms with Crippen molar-refractivity contribution in [3.8, 4) is 0 Å². The van der Waals surface area contributed by atoms with Gasteiger partial charge in [0.2, 0.25) is 11.3 Å². The summed E-state index contributed by atoms with van der Waals surface area (Å²) in [6, 6.07) is 19.3. The highest BCUT2D eigenvalue weighted by atomic mass is 35.5. The van der Waals surface area contributed by atoms with Crippen LogP contribution in [0, 0.1) is 13.8 Å². The lowest BCUT2D eigenvalue weighted by Crippen LogP contribution is -2.24. The number of carbonyl (C=O) groups is 2. The number of aromatic nitrogens is 1. The summed E-state index contributed by atoms with van der Waals surface area (Å²) in [5.74, 6) is -0.656. The third-order valence-electron chi connectivity index (χ3n) is 5.24. The molecule has 0 bridgehead atoms. The van der Waals surface area contributed by atoms with Gasteiger partial charge >= 0.3 is 0 Å². The second-order valence-electron chi connectivity index (χ2n) is 7.77. The van der Waals surface area contributed by atoms with Gasteiger partial charge < -0.3 is 9.88 Å². The molecular formula is C26H21ClN2O3. The number of amides is 1. The van der Waals surface area contributed by atoms with Crippen LogP contribution in [0.25, 0.3) is 10.9 Å². The maximum Gasteiger partial charge on any atom is 0.244 e. The Hall–Kier alpha value is -3.70. The van der Waals surface area contributed by atoms with E-state index in [0.717, 1.165) is 11.1 Å². The molecule has 4 rings (SSSR count). The number of hydrogen-bond acceptors (Lipinski definition) is 3. The van der Waals surface area contributed by atoms with Crippen molar-refractivity contribution in [2.24, 2.45) is 0 Å². The number of rotatable bonds is 5. The first-order chi connectivity index (χ1) is 15.3. The topological polar surface area (TPSA) is 68.2 Å². The first kappa shape index (κ1) is 21.5.